The van der Waals surface area contributed by atoms with Crippen molar-refractivity contribution in [2.45, 2.75) is 32.2 Å². The van der Waals surface area contributed by atoms with Crippen molar-refractivity contribution in [1.29, 1.82) is 0 Å². The summed E-state index contributed by atoms with van der Waals surface area (Å²) in [7, 11) is 0. The van der Waals surface area contributed by atoms with E-state index in [0.29, 0.717) is 0 Å². The van der Waals surface area contributed by atoms with Crippen molar-refractivity contribution in [3.8, 4) is 0 Å². The topological polar surface area (TPSA) is 23.1 Å². The normalized spacial score (nSPS) is 28.9. The van der Waals surface area contributed by atoms with E-state index in [1.165, 1.54) is 5.06 Å². The Hall–Kier alpha value is -0.0800. The van der Waals surface area contributed by atoms with E-state index in [9.17, 15) is 5.21 Å². The molecule has 2 heteroatoms. The Kier molecular flexibility index (Phi) is 1.29. The molecule has 0 aliphatic carbocycles. The lowest BCUT2D eigenvalue weighted by atomic mass is 10.0. The third kappa shape index (κ3) is 0.858. The molecule has 0 N–H and O–H groups in total. The van der Waals surface area contributed by atoms with Gasteiger partial charge in [0.05, 0.1) is 0 Å². The molecule has 1 fully saturated rings. The van der Waals surface area contributed by atoms with Gasteiger partial charge < -0.3 is 0 Å². The maximum Gasteiger partial charge on any atom is 0.0438 e. The van der Waals surface area contributed by atoms with Gasteiger partial charge in [0.25, 0.3) is 0 Å². The first kappa shape index (κ1) is 6.05. The van der Waals surface area contributed by atoms with E-state index >= 15 is 0 Å². The van der Waals surface area contributed by atoms with Gasteiger partial charge in [-0.25, -0.2) is 0 Å². The summed E-state index contributed by atoms with van der Waals surface area (Å²) < 4.78 is 0. The average molecular weight is 114 g/mol. The first-order chi connectivity index (χ1) is 3.63. The molecule has 0 unspecified atom stereocenters. The highest BCUT2D eigenvalue weighted by Crippen LogP contribution is 2.25. The Morgan fingerprint density at radius 2 is 2.12 bits per heavy atom. The van der Waals surface area contributed by atoms with Crippen LogP contribution in [0.2, 0.25) is 0 Å². The molecule has 1 saturated heterocycles. The van der Waals surface area contributed by atoms with Gasteiger partial charge in [-0.2, -0.15) is 0 Å². The minimum atomic E-state index is -0.0694. The van der Waals surface area contributed by atoms with Crippen molar-refractivity contribution in [2.75, 3.05) is 6.54 Å². The Morgan fingerprint density at radius 3 is 2.25 bits per heavy atom. The molecule has 1 rings (SSSR count). The highest BCUT2D eigenvalue weighted by Gasteiger charge is 2.31. The van der Waals surface area contributed by atoms with Crippen LogP contribution in [0, 0.1) is 0 Å². The maximum absolute atomic E-state index is 10.8. The Labute approximate surface area is 50.1 Å². The largest absolute Gasteiger partial charge is 0.149 e. The predicted molar refractivity (Wildman–Crippen MR) is 30.7 cm³/mol. The highest BCUT2D eigenvalue weighted by molar-refractivity contribution is 4.81. The van der Waals surface area contributed by atoms with Gasteiger partial charge in [0.1, 0.15) is 0 Å². The fraction of sp³-hybridized carbons (Fsp3) is 1.00. The minimum Gasteiger partial charge on any atom is -0.149 e. The van der Waals surface area contributed by atoms with Gasteiger partial charge in [0.15, 0.2) is 0 Å². The van der Waals surface area contributed by atoms with Crippen LogP contribution >= 0.6 is 0 Å². The molecular formula is C6H12NO. The van der Waals surface area contributed by atoms with Crippen molar-refractivity contribution < 1.29 is 5.21 Å². The molecule has 0 atom stereocenters. The van der Waals surface area contributed by atoms with Crippen LogP contribution in [0.5, 0.6) is 0 Å². The van der Waals surface area contributed by atoms with E-state index in [1.807, 2.05) is 13.8 Å². The van der Waals surface area contributed by atoms with Crippen LogP contribution in [0.4, 0.5) is 0 Å². The van der Waals surface area contributed by atoms with Gasteiger partial charge in [0.2, 0.25) is 0 Å². The highest BCUT2D eigenvalue weighted by atomic mass is 16.5. The molecule has 0 aromatic carbocycles. The Balaban J connectivity index is 2.54. The molecule has 0 spiro atoms. The van der Waals surface area contributed by atoms with Gasteiger partial charge in [-0.3, -0.25) is 0 Å². The Morgan fingerprint density at radius 1 is 1.50 bits per heavy atom. The van der Waals surface area contributed by atoms with Crippen molar-refractivity contribution in [2.24, 2.45) is 0 Å². The lowest BCUT2D eigenvalue weighted by Gasteiger charge is -2.21. The summed E-state index contributed by atoms with van der Waals surface area (Å²) in [6.45, 7) is 4.72. The molecule has 47 valence electrons. The Bertz CT molecular complexity index is 90.5. The monoisotopic (exact) mass is 114 g/mol. The number of hydrogen-bond acceptors (Lipinski definition) is 1. The first-order valence-corrected chi connectivity index (χ1v) is 3.08. The zero-order valence-electron chi connectivity index (χ0n) is 5.48. The van der Waals surface area contributed by atoms with Gasteiger partial charge in [-0.15, -0.1) is 10.3 Å². The second-order valence-corrected chi connectivity index (χ2v) is 3.02. The van der Waals surface area contributed by atoms with E-state index in [2.05, 4.69) is 0 Å². The van der Waals surface area contributed by atoms with Crippen molar-refractivity contribution in [3.05, 3.63) is 0 Å². The number of hydroxylamine groups is 2. The molecule has 2 nitrogen and oxygen atoms in total. The second-order valence-electron chi connectivity index (χ2n) is 3.02. The summed E-state index contributed by atoms with van der Waals surface area (Å²) in [5.41, 5.74) is -0.0694. The number of nitrogens with zero attached hydrogens (tertiary/aromatic N) is 1. The molecule has 1 aliphatic heterocycles. The maximum atomic E-state index is 10.8. The quantitative estimate of drug-likeness (QED) is 0.464. The standard InChI is InChI=1S/C6H12NO/c1-6(2)4-3-5-7(6)8/h3-5H2,1-2H3. The summed E-state index contributed by atoms with van der Waals surface area (Å²) in [6.07, 6.45) is 2.12. The summed E-state index contributed by atoms with van der Waals surface area (Å²) in [4.78, 5) is 0. The van der Waals surface area contributed by atoms with E-state index in [1.54, 1.807) is 0 Å². The molecule has 1 aliphatic rings. The SMILES string of the molecule is CC1(C)CCCN1[O]. The van der Waals surface area contributed by atoms with Crippen molar-refractivity contribution in [1.82, 2.24) is 5.06 Å². The lowest BCUT2D eigenvalue weighted by Crippen LogP contribution is -2.33. The zero-order valence-corrected chi connectivity index (χ0v) is 5.48. The summed E-state index contributed by atoms with van der Waals surface area (Å²) in [5.74, 6) is 0. The van der Waals surface area contributed by atoms with Crippen LogP contribution in [0.1, 0.15) is 26.7 Å². The molecule has 1 heterocycles. The molecule has 0 aromatic heterocycles. The van der Waals surface area contributed by atoms with E-state index in [4.69, 9.17) is 0 Å². The summed E-state index contributed by atoms with van der Waals surface area (Å²) >= 11 is 0. The van der Waals surface area contributed by atoms with Crippen molar-refractivity contribution >= 4 is 0 Å². The minimum absolute atomic E-state index is 0.0694. The molecule has 0 bridgehead atoms. The average Bonchev–Trinajstić information content (AvgIpc) is 1.86. The third-order valence-corrected chi connectivity index (χ3v) is 1.82. The molecule has 0 amide bonds. The number of hydrogen-bond donors (Lipinski definition) is 0. The molecule has 0 aromatic rings. The van der Waals surface area contributed by atoms with Gasteiger partial charge in [0, 0.05) is 12.1 Å². The summed E-state index contributed by atoms with van der Waals surface area (Å²) in [6, 6.07) is 0. The predicted octanol–water partition coefficient (Wildman–Crippen LogP) is 1.21. The first-order valence-electron chi connectivity index (χ1n) is 3.08. The molecular weight excluding hydrogens is 102 g/mol. The molecule has 1 radical (unpaired) electrons. The van der Waals surface area contributed by atoms with Gasteiger partial charge in [-0.1, -0.05) is 0 Å². The van der Waals surface area contributed by atoms with E-state index in [0.717, 1.165) is 19.4 Å². The zero-order chi connectivity index (χ0) is 6.20. The van der Waals surface area contributed by atoms with Crippen LogP contribution in [0.3, 0.4) is 0 Å². The van der Waals surface area contributed by atoms with E-state index < -0.39 is 0 Å². The molecule has 0 saturated carbocycles. The fourth-order valence-corrected chi connectivity index (χ4v) is 1.08. The van der Waals surface area contributed by atoms with Crippen LogP contribution in [0.25, 0.3) is 0 Å². The third-order valence-electron chi connectivity index (χ3n) is 1.82. The van der Waals surface area contributed by atoms with Crippen LogP contribution in [-0.2, 0) is 5.21 Å². The fourth-order valence-electron chi connectivity index (χ4n) is 1.08. The smallest absolute Gasteiger partial charge is 0.0438 e. The lowest BCUT2D eigenvalue weighted by molar-refractivity contribution is -0.194. The van der Waals surface area contributed by atoms with Crippen LogP contribution < -0.4 is 0 Å². The van der Waals surface area contributed by atoms with Gasteiger partial charge in [-0.05, 0) is 26.7 Å². The summed E-state index contributed by atoms with van der Waals surface area (Å²) in [5, 5.41) is 12.0. The van der Waals surface area contributed by atoms with Crippen LogP contribution in [0.15, 0.2) is 0 Å². The van der Waals surface area contributed by atoms with Gasteiger partial charge >= 0.3 is 0 Å². The van der Waals surface area contributed by atoms with Crippen molar-refractivity contribution in [3.63, 3.8) is 0 Å². The second kappa shape index (κ2) is 1.71. The molecule has 8 heavy (non-hydrogen) atoms. The van der Waals surface area contributed by atoms with Crippen LogP contribution in [-0.4, -0.2) is 17.1 Å². The van der Waals surface area contributed by atoms with E-state index in [-0.39, 0.29) is 5.54 Å². The number of rotatable bonds is 0.